The van der Waals surface area contributed by atoms with Crippen molar-refractivity contribution in [1.82, 2.24) is 14.8 Å². The molecule has 0 amide bonds. The summed E-state index contributed by atoms with van der Waals surface area (Å²) in [7, 11) is 0. The van der Waals surface area contributed by atoms with Gasteiger partial charge in [0.1, 0.15) is 12.4 Å². The molecule has 36 heavy (non-hydrogen) atoms. The van der Waals surface area contributed by atoms with Crippen LogP contribution in [0.25, 0.3) is 10.9 Å². The first-order chi connectivity index (χ1) is 17.2. The van der Waals surface area contributed by atoms with E-state index >= 15 is 0 Å². The van der Waals surface area contributed by atoms with Gasteiger partial charge in [-0.25, -0.2) is 0 Å². The van der Waals surface area contributed by atoms with Crippen LogP contribution in [0, 0.1) is 12.8 Å². The van der Waals surface area contributed by atoms with E-state index in [9.17, 15) is 13.2 Å². The number of piperazine rings is 1. The third-order valence-electron chi connectivity index (χ3n) is 6.52. The normalized spacial score (nSPS) is 15.5. The molecule has 0 saturated carbocycles. The molecule has 4 rings (SSSR count). The van der Waals surface area contributed by atoms with Crippen LogP contribution < -0.4 is 10.1 Å². The van der Waals surface area contributed by atoms with Gasteiger partial charge < -0.3 is 15.0 Å². The van der Waals surface area contributed by atoms with Crippen molar-refractivity contribution < 1.29 is 17.9 Å². The second kappa shape index (κ2) is 11.5. The third kappa shape index (κ3) is 7.11. The fraction of sp³-hybridized carbons (Fsp3) is 0.464. The Bertz CT molecular complexity index is 1160. The topological polar surface area (TPSA) is 40.6 Å². The van der Waals surface area contributed by atoms with Crippen LogP contribution in [0.5, 0.6) is 5.75 Å². The molecule has 0 aliphatic carbocycles. The molecule has 8 heteroatoms. The number of anilines is 2. The molecule has 1 aliphatic heterocycles. The number of fused-ring (bicyclic) bond motifs is 1. The maximum atomic E-state index is 13.7. The number of pyridine rings is 1. The van der Waals surface area contributed by atoms with E-state index in [1.165, 1.54) is 6.42 Å². The van der Waals surface area contributed by atoms with E-state index in [0.717, 1.165) is 61.5 Å². The fourth-order valence-electron chi connectivity index (χ4n) is 4.45. The summed E-state index contributed by atoms with van der Waals surface area (Å²) in [6, 6.07) is 13.2. The van der Waals surface area contributed by atoms with E-state index in [1.54, 1.807) is 6.07 Å². The average Bonchev–Trinajstić information content (AvgIpc) is 2.83. The molecule has 194 valence electrons. The molecule has 1 saturated heterocycles. The maximum absolute atomic E-state index is 13.7. The second-order valence-electron chi connectivity index (χ2n) is 9.91. The molecule has 2 heterocycles. The minimum atomic E-state index is -4.47. The molecule has 0 unspecified atom stereocenters. The molecular weight excluding hydrogens is 465 g/mol. The molecule has 0 bridgehead atoms. The SMILES string of the molecule is Cc1cc(Nc2cc(OCCN3CCN(CCC(C)C)CC3)cc(C(F)(F)F)c2)c2ccccc2n1. The van der Waals surface area contributed by atoms with Crippen LogP contribution in [0.4, 0.5) is 24.5 Å². The van der Waals surface area contributed by atoms with Gasteiger partial charge in [-0.15, -0.1) is 0 Å². The number of hydrogen-bond acceptors (Lipinski definition) is 5. The van der Waals surface area contributed by atoms with E-state index in [2.05, 4.69) is 33.9 Å². The summed E-state index contributed by atoms with van der Waals surface area (Å²) in [5.41, 5.74) is 1.86. The van der Waals surface area contributed by atoms with Crippen molar-refractivity contribution in [2.45, 2.75) is 33.4 Å². The average molecular weight is 501 g/mol. The van der Waals surface area contributed by atoms with Gasteiger partial charge in [-0.1, -0.05) is 32.0 Å². The zero-order chi connectivity index (χ0) is 25.7. The first-order valence-corrected chi connectivity index (χ1v) is 12.6. The summed E-state index contributed by atoms with van der Waals surface area (Å²) in [6.07, 6.45) is -3.28. The highest BCUT2D eigenvalue weighted by Gasteiger charge is 2.31. The van der Waals surface area contributed by atoms with Crippen LogP contribution in [0.3, 0.4) is 0 Å². The first-order valence-electron chi connectivity index (χ1n) is 12.6. The summed E-state index contributed by atoms with van der Waals surface area (Å²) in [4.78, 5) is 9.30. The number of benzene rings is 2. The Morgan fingerprint density at radius 1 is 0.972 bits per heavy atom. The Labute approximate surface area is 211 Å². The molecule has 2 aromatic carbocycles. The Morgan fingerprint density at radius 2 is 1.67 bits per heavy atom. The van der Waals surface area contributed by atoms with Crippen molar-refractivity contribution in [2.75, 3.05) is 51.2 Å². The second-order valence-corrected chi connectivity index (χ2v) is 9.91. The lowest BCUT2D eigenvalue weighted by Crippen LogP contribution is -2.47. The molecule has 0 radical (unpaired) electrons. The number of para-hydroxylation sites is 1. The van der Waals surface area contributed by atoms with Crippen molar-refractivity contribution in [1.29, 1.82) is 0 Å². The molecule has 1 aliphatic rings. The molecule has 1 aromatic heterocycles. The highest BCUT2D eigenvalue weighted by Crippen LogP contribution is 2.36. The number of ether oxygens (including phenoxy) is 1. The van der Waals surface area contributed by atoms with Crippen LogP contribution in [-0.4, -0.2) is 60.7 Å². The van der Waals surface area contributed by atoms with Gasteiger partial charge >= 0.3 is 6.18 Å². The summed E-state index contributed by atoms with van der Waals surface area (Å²) in [5.74, 6) is 0.905. The van der Waals surface area contributed by atoms with Crippen molar-refractivity contribution in [3.63, 3.8) is 0 Å². The van der Waals surface area contributed by atoms with Crippen LogP contribution in [0.15, 0.2) is 48.5 Å². The van der Waals surface area contributed by atoms with Gasteiger partial charge in [0.2, 0.25) is 0 Å². The lowest BCUT2D eigenvalue weighted by atomic mass is 10.1. The summed E-state index contributed by atoms with van der Waals surface area (Å²) in [6.45, 7) is 12.4. The van der Waals surface area contributed by atoms with Gasteiger partial charge in [0.15, 0.2) is 0 Å². The number of halogens is 3. The number of aromatic nitrogens is 1. The number of nitrogens with one attached hydrogen (secondary N) is 1. The smallest absolute Gasteiger partial charge is 0.416 e. The predicted octanol–water partition coefficient (Wildman–Crippen LogP) is 6.35. The van der Waals surface area contributed by atoms with E-state index in [-0.39, 0.29) is 5.75 Å². The zero-order valence-electron chi connectivity index (χ0n) is 21.2. The number of aryl methyl sites for hydroxylation is 1. The van der Waals surface area contributed by atoms with Gasteiger partial charge in [0.05, 0.1) is 11.1 Å². The largest absolute Gasteiger partial charge is 0.492 e. The van der Waals surface area contributed by atoms with Crippen molar-refractivity contribution >= 4 is 22.3 Å². The van der Waals surface area contributed by atoms with E-state index in [1.807, 2.05) is 37.3 Å². The molecule has 0 spiro atoms. The third-order valence-corrected chi connectivity index (χ3v) is 6.52. The van der Waals surface area contributed by atoms with Gasteiger partial charge in [-0.3, -0.25) is 9.88 Å². The minimum absolute atomic E-state index is 0.206. The molecule has 1 N–H and O–H groups in total. The predicted molar refractivity (Wildman–Crippen MR) is 139 cm³/mol. The van der Waals surface area contributed by atoms with Crippen LogP contribution >= 0.6 is 0 Å². The standard InChI is InChI=1S/C28H35F3N4O/c1-20(2)8-9-34-10-12-35(13-11-34)14-15-36-24-18-22(28(29,30)31)17-23(19-24)33-27-16-21(3)32-26-7-5-4-6-25(26)27/h4-7,16-20H,8-15H2,1-3H3,(H,32,33). The van der Waals surface area contributed by atoms with E-state index in [0.29, 0.717) is 30.4 Å². The summed E-state index contributed by atoms with van der Waals surface area (Å²) >= 11 is 0. The Morgan fingerprint density at radius 3 is 2.36 bits per heavy atom. The Kier molecular flexibility index (Phi) is 8.36. The maximum Gasteiger partial charge on any atom is 0.416 e. The number of rotatable bonds is 9. The van der Waals surface area contributed by atoms with Gasteiger partial charge in [-0.05, 0) is 50.1 Å². The minimum Gasteiger partial charge on any atom is -0.492 e. The first kappa shape index (κ1) is 26.2. The van der Waals surface area contributed by atoms with Crippen molar-refractivity contribution in [3.8, 4) is 5.75 Å². The lowest BCUT2D eigenvalue weighted by Gasteiger charge is -2.34. The van der Waals surface area contributed by atoms with E-state index < -0.39 is 11.7 Å². The highest BCUT2D eigenvalue weighted by molar-refractivity contribution is 5.93. The van der Waals surface area contributed by atoms with E-state index in [4.69, 9.17) is 4.74 Å². The molecule has 5 nitrogen and oxygen atoms in total. The van der Waals surface area contributed by atoms with Gasteiger partial charge in [0.25, 0.3) is 0 Å². The monoisotopic (exact) mass is 500 g/mol. The highest BCUT2D eigenvalue weighted by atomic mass is 19.4. The fourth-order valence-corrected chi connectivity index (χ4v) is 4.45. The summed E-state index contributed by atoms with van der Waals surface area (Å²) in [5, 5.41) is 4.01. The van der Waals surface area contributed by atoms with Gasteiger partial charge in [-0.2, -0.15) is 13.2 Å². The van der Waals surface area contributed by atoms with Gasteiger partial charge in [0, 0.05) is 61.2 Å². The van der Waals surface area contributed by atoms with Crippen molar-refractivity contribution in [3.05, 3.63) is 59.8 Å². The summed E-state index contributed by atoms with van der Waals surface area (Å²) < 4.78 is 46.8. The Hall–Kier alpha value is -2.84. The number of alkyl halides is 3. The molecule has 1 fully saturated rings. The number of hydrogen-bond donors (Lipinski definition) is 1. The van der Waals surface area contributed by atoms with Crippen molar-refractivity contribution in [2.24, 2.45) is 5.92 Å². The quantitative estimate of drug-likeness (QED) is 0.371. The molecule has 0 atom stereocenters. The van der Waals surface area contributed by atoms with Crippen LogP contribution in [0.2, 0.25) is 0 Å². The lowest BCUT2D eigenvalue weighted by molar-refractivity contribution is -0.137. The van der Waals surface area contributed by atoms with Crippen LogP contribution in [0.1, 0.15) is 31.5 Å². The Balaban J connectivity index is 1.42. The zero-order valence-corrected chi connectivity index (χ0v) is 21.2. The number of nitrogens with zero attached hydrogens (tertiary/aromatic N) is 3. The van der Waals surface area contributed by atoms with Crippen LogP contribution in [-0.2, 0) is 6.18 Å². The molecule has 3 aromatic rings. The molecular formula is C28H35F3N4O.